The summed E-state index contributed by atoms with van der Waals surface area (Å²) in [6, 6.07) is 5.59. The summed E-state index contributed by atoms with van der Waals surface area (Å²) in [5.74, 6) is -0.721. The fraction of sp³-hybridized carbons (Fsp3) is 0.417. The van der Waals surface area contributed by atoms with Gasteiger partial charge in [0.05, 0.1) is 17.5 Å². The Kier molecular flexibility index (Phi) is 3.86. The standard InChI is InChI=1S/C12H14FNO4S/c1-8-2-4-10(5-3-8)19(16,17)18-7-9-6-11(13)12(15)14-9/h2-5,9,11H,6-7H2,1H3,(H,14,15)/t9-,11?/m0/s1. The molecule has 2 rings (SSSR count). The number of halogens is 1. The van der Waals surface area contributed by atoms with Gasteiger partial charge in [-0.05, 0) is 19.1 Å². The highest BCUT2D eigenvalue weighted by Gasteiger charge is 2.33. The third-order valence-corrected chi connectivity index (χ3v) is 4.15. The molecule has 1 amide bonds. The molecule has 1 aromatic rings. The van der Waals surface area contributed by atoms with Gasteiger partial charge in [-0.25, -0.2) is 4.39 Å². The van der Waals surface area contributed by atoms with Crippen LogP contribution < -0.4 is 5.32 Å². The third-order valence-electron chi connectivity index (χ3n) is 2.86. The molecule has 1 unspecified atom stereocenters. The maximum Gasteiger partial charge on any atom is 0.297 e. The number of rotatable bonds is 4. The summed E-state index contributed by atoms with van der Waals surface area (Å²) in [7, 11) is -3.87. The van der Waals surface area contributed by atoms with Crippen molar-refractivity contribution in [3.05, 3.63) is 29.8 Å². The smallest absolute Gasteiger partial charge is 0.297 e. The SMILES string of the molecule is Cc1ccc(S(=O)(=O)OC[C@@H]2CC(F)C(=O)N2)cc1. The Hall–Kier alpha value is -1.47. The Labute approximate surface area is 110 Å². The van der Waals surface area contributed by atoms with E-state index in [-0.39, 0.29) is 17.9 Å². The van der Waals surface area contributed by atoms with E-state index in [0.29, 0.717) is 0 Å². The Bertz CT molecular complexity index is 570. The molecule has 7 heteroatoms. The van der Waals surface area contributed by atoms with Crippen LogP contribution in [0, 0.1) is 6.92 Å². The molecule has 0 spiro atoms. The molecule has 0 radical (unpaired) electrons. The molecule has 5 nitrogen and oxygen atoms in total. The zero-order valence-corrected chi connectivity index (χ0v) is 11.1. The van der Waals surface area contributed by atoms with Crippen LogP contribution in [0.25, 0.3) is 0 Å². The second-order valence-corrected chi connectivity index (χ2v) is 6.08. The first-order valence-corrected chi connectivity index (χ1v) is 7.20. The van der Waals surface area contributed by atoms with E-state index in [2.05, 4.69) is 5.32 Å². The minimum Gasteiger partial charge on any atom is -0.348 e. The van der Waals surface area contributed by atoms with Gasteiger partial charge >= 0.3 is 0 Å². The van der Waals surface area contributed by atoms with Gasteiger partial charge in [0, 0.05) is 6.42 Å². The molecule has 19 heavy (non-hydrogen) atoms. The molecule has 1 aromatic carbocycles. The fourth-order valence-electron chi connectivity index (χ4n) is 1.76. The quantitative estimate of drug-likeness (QED) is 0.836. The van der Waals surface area contributed by atoms with Crippen LogP contribution in [0.4, 0.5) is 4.39 Å². The molecule has 1 saturated heterocycles. The zero-order chi connectivity index (χ0) is 14.0. The highest BCUT2D eigenvalue weighted by molar-refractivity contribution is 7.86. The molecule has 1 heterocycles. The Balaban J connectivity index is 1.99. The molecule has 0 aromatic heterocycles. The van der Waals surface area contributed by atoms with Crippen LogP contribution in [-0.4, -0.2) is 33.1 Å². The van der Waals surface area contributed by atoms with E-state index in [0.717, 1.165) is 5.56 Å². The molecule has 1 aliphatic rings. The minimum atomic E-state index is -3.87. The second kappa shape index (κ2) is 5.26. The molecule has 0 saturated carbocycles. The molecule has 0 bridgehead atoms. The molecule has 1 N–H and O–H groups in total. The summed E-state index contributed by atoms with van der Waals surface area (Å²) in [4.78, 5) is 11.0. The molecule has 1 fully saturated rings. The Morgan fingerprint density at radius 2 is 2.00 bits per heavy atom. The summed E-state index contributed by atoms with van der Waals surface area (Å²) in [5.41, 5.74) is 0.933. The zero-order valence-electron chi connectivity index (χ0n) is 10.3. The number of aryl methyl sites for hydroxylation is 1. The lowest BCUT2D eigenvalue weighted by molar-refractivity contribution is -0.123. The van der Waals surface area contributed by atoms with E-state index >= 15 is 0 Å². The predicted octanol–water partition coefficient (Wildman–Crippen LogP) is 0.927. The van der Waals surface area contributed by atoms with E-state index in [1.165, 1.54) is 12.1 Å². The van der Waals surface area contributed by atoms with Crippen LogP contribution in [0.15, 0.2) is 29.2 Å². The van der Waals surface area contributed by atoms with Crippen LogP contribution in [0.3, 0.4) is 0 Å². The van der Waals surface area contributed by atoms with E-state index in [1.54, 1.807) is 12.1 Å². The number of alkyl halides is 1. The second-order valence-electron chi connectivity index (χ2n) is 4.46. The van der Waals surface area contributed by atoms with Crippen LogP contribution >= 0.6 is 0 Å². The first-order valence-electron chi connectivity index (χ1n) is 5.79. The van der Waals surface area contributed by atoms with E-state index < -0.39 is 28.2 Å². The number of nitrogens with one attached hydrogen (secondary N) is 1. The number of carbonyl (C=O) groups is 1. The van der Waals surface area contributed by atoms with Gasteiger partial charge in [-0.2, -0.15) is 8.42 Å². The highest BCUT2D eigenvalue weighted by atomic mass is 32.2. The summed E-state index contributed by atoms with van der Waals surface area (Å²) in [6.07, 6.45) is -1.65. The summed E-state index contributed by atoms with van der Waals surface area (Å²) >= 11 is 0. The largest absolute Gasteiger partial charge is 0.348 e. The number of amides is 1. The Morgan fingerprint density at radius 3 is 2.53 bits per heavy atom. The van der Waals surface area contributed by atoms with Crippen molar-refractivity contribution >= 4 is 16.0 Å². The van der Waals surface area contributed by atoms with Crippen molar-refractivity contribution in [3.8, 4) is 0 Å². The van der Waals surface area contributed by atoms with Crippen LogP contribution in [0.1, 0.15) is 12.0 Å². The maximum absolute atomic E-state index is 12.9. The van der Waals surface area contributed by atoms with E-state index in [9.17, 15) is 17.6 Å². The molecule has 2 atom stereocenters. The first kappa shape index (κ1) is 14.0. The van der Waals surface area contributed by atoms with Crippen molar-refractivity contribution in [3.63, 3.8) is 0 Å². The van der Waals surface area contributed by atoms with Gasteiger partial charge in [-0.15, -0.1) is 0 Å². The van der Waals surface area contributed by atoms with Gasteiger partial charge in [0.25, 0.3) is 16.0 Å². The number of benzene rings is 1. The number of carbonyl (C=O) groups excluding carboxylic acids is 1. The summed E-state index contributed by atoms with van der Waals surface area (Å²) in [6.45, 7) is 1.58. The van der Waals surface area contributed by atoms with Crippen molar-refractivity contribution < 1.29 is 21.8 Å². The summed E-state index contributed by atoms with van der Waals surface area (Å²) < 4.78 is 41.4. The fourth-order valence-corrected chi connectivity index (χ4v) is 2.71. The van der Waals surface area contributed by atoms with E-state index in [1.807, 2.05) is 6.92 Å². The first-order chi connectivity index (χ1) is 8.88. The van der Waals surface area contributed by atoms with Crippen molar-refractivity contribution in [2.24, 2.45) is 0 Å². The molecular formula is C12H14FNO4S. The topological polar surface area (TPSA) is 72.5 Å². The normalized spacial score (nSPS) is 23.4. The van der Waals surface area contributed by atoms with Crippen LogP contribution in [-0.2, 0) is 19.1 Å². The van der Waals surface area contributed by atoms with Gasteiger partial charge in [0.2, 0.25) is 0 Å². The van der Waals surface area contributed by atoms with Crippen LogP contribution in [0.5, 0.6) is 0 Å². The maximum atomic E-state index is 12.9. The van der Waals surface area contributed by atoms with E-state index in [4.69, 9.17) is 4.18 Å². The average Bonchev–Trinajstić information content (AvgIpc) is 2.67. The lowest BCUT2D eigenvalue weighted by Gasteiger charge is -2.10. The lowest BCUT2D eigenvalue weighted by Crippen LogP contribution is -2.31. The number of hydrogen-bond donors (Lipinski definition) is 1. The van der Waals surface area contributed by atoms with Gasteiger partial charge < -0.3 is 5.32 Å². The lowest BCUT2D eigenvalue weighted by atomic mass is 10.2. The average molecular weight is 287 g/mol. The van der Waals surface area contributed by atoms with Crippen molar-refractivity contribution in [2.75, 3.05) is 6.61 Å². The monoisotopic (exact) mass is 287 g/mol. The van der Waals surface area contributed by atoms with Crippen molar-refractivity contribution in [2.45, 2.75) is 30.5 Å². The van der Waals surface area contributed by atoms with Gasteiger partial charge in [0.1, 0.15) is 0 Å². The van der Waals surface area contributed by atoms with Gasteiger partial charge in [0.15, 0.2) is 6.17 Å². The van der Waals surface area contributed by atoms with Crippen LogP contribution in [0.2, 0.25) is 0 Å². The highest BCUT2D eigenvalue weighted by Crippen LogP contribution is 2.16. The predicted molar refractivity (Wildman–Crippen MR) is 65.8 cm³/mol. The number of hydrogen-bond acceptors (Lipinski definition) is 4. The Morgan fingerprint density at radius 1 is 1.37 bits per heavy atom. The molecular weight excluding hydrogens is 273 g/mol. The van der Waals surface area contributed by atoms with Crippen molar-refractivity contribution in [1.82, 2.24) is 5.32 Å². The summed E-state index contributed by atoms with van der Waals surface area (Å²) in [5, 5.41) is 2.33. The van der Waals surface area contributed by atoms with Gasteiger partial charge in [-0.3, -0.25) is 8.98 Å². The molecule has 1 aliphatic heterocycles. The molecule has 104 valence electrons. The minimum absolute atomic E-state index is 0.0409. The van der Waals surface area contributed by atoms with Crippen molar-refractivity contribution in [1.29, 1.82) is 0 Å². The molecule has 0 aliphatic carbocycles. The van der Waals surface area contributed by atoms with Gasteiger partial charge in [-0.1, -0.05) is 17.7 Å². The third kappa shape index (κ3) is 3.30.